The minimum atomic E-state index is -0.745. The fourth-order valence-electron chi connectivity index (χ4n) is 0.934. The van der Waals surface area contributed by atoms with Crippen molar-refractivity contribution in [3.8, 4) is 0 Å². The number of carbonyl (C=O) groups is 2. The summed E-state index contributed by atoms with van der Waals surface area (Å²) in [5.74, 6) is -0.690. The van der Waals surface area contributed by atoms with Gasteiger partial charge in [0.15, 0.2) is 0 Å². The van der Waals surface area contributed by atoms with E-state index in [1.54, 1.807) is 31.2 Å². The zero-order chi connectivity index (χ0) is 14.8. The molecular weight excluding hydrogens is 266 g/mol. The molecule has 0 aromatic heterocycles. The molecule has 0 spiro atoms. The molecule has 0 heterocycles. The third kappa shape index (κ3) is 8.06. The summed E-state index contributed by atoms with van der Waals surface area (Å²) < 4.78 is 0. The van der Waals surface area contributed by atoms with Crippen LogP contribution in [0.15, 0.2) is 24.3 Å². The number of anilines is 2. The van der Waals surface area contributed by atoms with Crippen LogP contribution >= 0.6 is 12.6 Å². The van der Waals surface area contributed by atoms with E-state index < -0.39 is 12.0 Å². The summed E-state index contributed by atoms with van der Waals surface area (Å²) >= 11 is 3.93. The molecule has 6 N–H and O–H groups in total. The molecular formula is C12H19N3O3S. The summed E-state index contributed by atoms with van der Waals surface area (Å²) in [4.78, 5) is 20.7. The molecule has 1 atom stereocenters. The van der Waals surface area contributed by atoms with Gasteiger partial charge in [-0.2, -0.15) is 12.6 Å². The highest BCUT2D eigenvalue weighted by Gasteiger charge is 2.10. The van der Waals surface area contributed by atoms with Gasteiger partial charge in [0, 0.05) is 23.5 Å². The van der Waals surface area contributed by atoms with Crippen LogP contribution in [0.25, 0.3) is 0 Å². The number of aliphatic carboxylic acids is 1. The molecule has 106 valence electrons. The van der Waals surface area contributed by atoms with Crippen LogP contribution in [0, 0.1) is 0 Å². The number of benzene rings is 1. The van der Waals surface area contributed by atoms with Crippen molar-refractivity contribution in [2.24, 2.45) is 5.73 Å². The Bertz CT molecular complexity index is 426. The molecule has 1 rings (SSSR count). The minimum absolute atomic E-state index is 0.222. The molecule has 0 aliphatic rings. The van der Waals surface area contributed by atoms with Crippen LogP contribution in [0.5, 0.6) is 0 Å². The van der Waals surface area contributed by atoms with Gasteiger partial charge in [-0.25, -0.2) is 0 Å². The molecule has 0 aliphatic carbocycles. The predicted octanol–water partition coefficient (Wildman–Crippen LogP) is 0.945. The van der Waals surface area contributed by atoms with E-state index in [-0.39, 0.29) is 12.3 Å². The zero-order valence-corrected chi connectivity index (χ0v) is 11.6. The summed E-state index contributed by atoms with van der Waals surface area (Å²) in [6, 6.07) is 6.33. The van der Waals surface area contributed by atoms with Crippen LogP contribution in [0.4, 0.5) is 11.4 Å². The Kier molecular flexibility index (Phi) is 8.39. The number of nitrogens with one attached hydrogen (secondary N) is 1. The van der Waals surface area contributed by atoms with Crippen LogP contribution in [-0.4, -0.2) is 28.8 Å². The van der Waals surface area contributed by atoms with E-state index in [0.29, 0.717) is 17.1 Å². The van der Waals surface area contributed by atoms with Crippen molar-refractivity contribution in [1.29, 1.82) is 0 Å². The normalized spacial score (nSPS) is 10.9. The molecule has 0 radical (unpaired) electrons. The number of thiol groups is 1. The van der Waals surface area contributed by atoms with Crippen molar-refractivity contribution in [1.82, 2.24) is 0 Å². The number of amides is 1. The van der Waals surface area contributed by atoms with Crippen molar-refractivity contribution >= 4 is 35.9 Å². The molecule has 1 unspecified atom stereocenters. The van der Waals surface area contributed by atoms with Gasteiger partial charge in [-0.15, -0.1) is 0 Å². The average Bonchev–Trinajstić information content (AvgIpc) is 2.38. The largest absolute Gasteiger partial charge is 0.481 e. The topological polar surface area (TPSA) is 118 Å². The fourth-order valence-corrected chi connectivity index (χ4v) is 1.10. The van der Waals surface area contributed by atoms with Crippen LogP contribution in [-0.2, 0) is 9.59 Å². The van der Waals surface area contributed by atoms with Gasteiger partial charge in [0.2, 0.25) is 5.91 Å². The van der Waals surface area contributed by atoms with Gasteiger partial charge < -0.3 is 21.9 Å². The summed E-state index contributed by atoms with van der Waals surface area (Å²) in [6.07, 6.45) is 0.222. The van der Waals surface area contributed by atoms with Gasteiger partial charge in [-0.3, -0.25) is 9.59 Å². The van der Waals surface area contributed by atoms with Crippen LogP contribution < -0.4 is 16.8 Å². The summed E-state index contributed by atoms with van der Waals surface area (Å²) in [7, 11) is 0. The Balaban J connectivity index is 0.000000555. The lowest BCUT2D eigenvalue weighted by Gasteiger charge is -2.09. The molecule has 1 aromatic rings. The molecule has 7 heteroatoms. The number of nitrogens with two attached hydrogens (primary N) is 2. The molecule has 1 aromatic carbocycles. The zero-order valence-electron chi connectivity index (χ0n) is 10.7. The third-order valence-electron chi connectivity index (χ3n) is 1.99. The SMILES string of the molecule is CCC(=O)O.Nc1cccc(NC(=O)C(N)CS)c1. The Labute approximate surface area is 117 Å². The molecule has 0 aliphatic heterocycles. The number of carboxylic acid groups (broad SMARTS) is 1. The molecule has 6 nitrogen and oxygen atoms in total. The first-order valence-electron chi connectivity index (χ1n) is 5.65. The van der Waals surface area contributed by atoms with Crippen molar-refractivity contribution in [2.75, 3.05) is 16.8 Å². The number of hydrogen-bond acceptors (Lipinski definition) is 5. The standard InChI is InChI=1S/C9H13N3OS.C3H6O2/c10-6-2-1-3-7(4-6)12-9(13)8(11)5-14;1-2-3(4)5/h1-4,8,14H,5,10-11H2,(H,12,13);2H2,1H3,(H,4,5). The molecule has 1 amide bonds. The van der Waals surface area contributed by atoms with Crippen LogP contribution in [0.2, 0.25) is 0 Å². The molecule has 0 fully saturated rings. The molecule has 0 bridgehead atoms. The van der Waals surface area contributed by atoms with Gasteiger partial charge in [-0.05, 0) is 18.2 Å². The Morgan fingerprint density at radius 1 is 1.47 bits per heavy atom. The van der Waals surface area contributed by atoms with E-state index in [9.17, 15) is 9.59 Å². The second kappa shape index (κ2) is 9.23. The first kappa shape index (κ1) is 17.3. The highest BCUT2D eigenvalue weighted by Crippen LogP contribution is 2.11. The molecule has 19 heavy (non-hydrogen) atoms. The van der Waals surface area contributed by atoms with Crippen LogP contribution in [0.3, 0.4) is 0 Å². The van der Waals surface area contributed by atoms with E-state index in [0.717, 1.165) is 0 Å². The highest BCUT2D eigenvalue weighted by molar-refractivity contribution is 7.80. The first-order valence-corrected chi connectivity index (χ1v) is 6.28. The number of carbonyl (C=O) groups excluding carboxylic acids is 1. The minimum Gasteiger partial charge on any atom is -0.481 e. The van der Waals surface area contributed by atoms with Gasteiger partial charge in [-0.1, -0.05) is 13.0 Å². The molecule has 0 saturated carbocycles. The maximum Gasteiger partial charge on any atom is 0.303 e. The Hall–Kier alpha value is -1.73. The fraction of sp³-hybridized carbons (Fsp3) is 0.333. The smallest absolute Gasteiger partial charge is 0.303 e. The monoisotopic (exact) mass is 285 g/mol. The quantitative estimate of drug-likeness (QED) is 0.417. The average molecular weight is 285 g/mol. The number of carboxylic acids is 1. The van der Waals surface area contributed by atoms with Crippen LogP contribution in [0.1, 0.15) is 13.3 Å². The lowest BCUT2D eigenvalue weighted by molar-refractivity contribution is -0.136. The van der Waals surface area contributed by atoms with Crippen molar-refractivity contribution in [3.63, 3.8) is 0 Å². The maximum absolute atomic E-state index is 11.3. The van der Waals surface area contributed by atoms with E-state index in [1.807, 2.05) is 0 Å². The molecule has 0 saturated heterocycles. The van der Waals surface area contributed by atoms with Gasteiger partial charge in [0.25, 0.3) is 0 Å². The van der Waals surface area contributed by atoms with Crippen molar-refractivity contribution < 1.29 is 14.7 Å². The number of nitrogen functional groups attached to an aromatic ring is 1. The summed E-state index contributed by atoms with van der Waals surface area (Å²) in [5, 5.41) is 10.4. The van der Waals surface area contributed by atoms with E-state index in [2.05, 4.69) is 17.9 Å². The predicted molar refractivity (Wildman–Crippen MR) is 79.2 cm³/mol. The lowest BCUT2D eigenvalue weighted by atomic mass is 10.2. The second-order valence-corrected chi connectivity index (χ2v) is 4.02. The van der Waals surface area contributed by atoms with Gasteiger partial charge in [0.05, 0.1) is 6.04 Å². The first-order chi connectivity index (χ1) is 8.90. The van der Waals surface area contributed by atoms with Gasteiger partial charge in [0.1, 0.15) is 0 Å². The van der Waals surface area contributed by atoms with Gasteiger partial charge >= 0.3 is 5.97 Å². The Morgan fingerprint density at radius 3 is 2.47 bits per heavy atom. The maximum atomic E-state index is 11.3. The van der Waals surface area contributed by atoms with Crippen molar-refractivity contribution in [2.45, 2.75) is 19.4 Å². The number of hydrogen-bond donors (Lipinski definition) is 5. The van der Waals surface area contributed by atoms with Crippen molar-refractivity contribution in [3.05, 3.63) is 24.3 Å². The summed E-state index contributed by atoms with van der Waals surface area (Å²) in [5.41, 5.74) is 12.3. The van der Waals surface area contributed by atoms with E-state index in [1.165, 1.54) is 0 Å². The number of rotatable bonds is 4. The third-order valence-corrected chi connectivity index (χ3v) is 2.38. The highest BCUT2D eigenvalue weighted by atomic mass is 32.1. The Morgan fingerprint density at radius 2 is 2.05 bits per heavy atom. The summed E-state index contributed by atoms with van der Waals surface area (Å²) in [6.45, 7) is 1.60. The second-order valence-electron chi connectivity index (χ2n) is 3.65. The lowest BCUT2D eigenvalue weighted by Crippen LogP contribution is -2.37. The van der Waals surface area contributed by atoms with E-state index >= 15 is 0 Å². The van der Waals surface area contributed by atoms with E-state index in [4.69, 9.17) is 16.6 Å².